The molecule has 0 saturated heterocycles. The van der Waals surface area contributed by atoms with E-state index in [1.807, 2.05) is 18.2 Å². The molecule has 2 N–H and O–H groups in total. The largest absolute Gasteiger partial charge is 0.324 e. The van der Waals surface area contributed by atoms with Gasteiger partial charge in [-0.25, -0.2) is 0 Å². The molecule has 1 aliphatic rings. The average Bonchev–Trinajstić information content (AvgIpc) is 2.60. The maximum Gasteiger partial charge on any atom is 0.0640 e. The Morgan fingerprint density at radius 1 is 1.06 bits per heavy atom. The van der Waals surface area contributed by atoms with Gasteiger partial charge in [-0.1, -0.05) is 61.0 Å². The SMILES string of the molecule is NC(c1cccc(Cl)c1Cl)C1CCCCCC1. The lowest BCUT2D eigenvalue weighted by atomic mass is 9.88. The number of hydrogen-bond acceptors (Lipinski definition) is 1. The van der Waals surface area contributed by atoms with Crippen molar-refractivity contribution in [3.63, 3.8) is 0 Å². The molecule has 3 heteroatoms. The van der Waals surface area contributed by atoms with Gasteiger partial charge in [-0.15, -0.1) is 0 Å². The number of benzene rings is 1. The molecule has 1 aliphatic carbocycles. The predicted molar refractivity (Wildman–Crippen MR) is 74.6 cm³/mol. The van der Waals surface area contributed by atoms with Crippen molar-refractivity contribution in [2.75, 3.05) is 0 Å². The van der Waals surface area contributed by atoms with Crippen molar-refractivity contribution in [3.05, 3.63) is 33.8 Å². The van der Waals surface area contributed by atoms with Crippen molar-refractivity contribution >= 4 is 23.2 Å². The first-order chi connectivity index (χ1) is 8.20. The first-order valence-electron chi connectivity index (χ1n) is 6.39. The number of hydrogen-bond donors (Lipinski definition) is 1. The first kappa shape index (κ1) is 13.2. The molecule has 1 fully saturated rings. The lowest BCUT2D eigenvalue weighted by Crippen LogP contribution is -2.21. The Morgan fingerprint density at radius 3 is 2.35 bits per heavy atom. The molecule has 1 unspecified atom stereocenters. The highest BCUT2D eigenvalue weighted by Crippen LogP contribution is 2.36. The van der Waals surface area contributed by atoms with E-state index in [2.05, 4.69) is 0 Å². The summed E-state index contributed by atoms with van der Waals surface area (Å²) in [5.41, 5.74) is 7.37. The topological polar surface area (TPSA) is 26.0 Å². The second kappa shape index (κ2) is 6.08. The monoisotopic (exact) mass is 271 g/mol. The molecule has 0 amide bonds. The van der Waals surface area contributed by atoms with Gasteiger partial charge in [0.15, 0.2) is 0 Å². The fraction of sp³-hybridized carbons (Fsp3) is 0.571. The fourth-order valence-electron chi connectivity index (χ4n) is 2.70. The summed E-state index contributed by atoms with van der Waals surface area (Å²) in [6.45, 7) is 0. The van der Waals surface area contributed by atoms with E-state index in [9.17, 15) is 0 Å². The maximum absolute atomic E-state index is 6.37. The van der Waals surface area contributed by atoms with Crippen LogP contribution in [0.3, 0.4) is 0 Å². The molecule has 0 heterocycles. The number of rotatable bonds is 2. The molecule has 0 aliphatic heterocycles. The quantitative estimate of drug-likeness (QED) is 0.756. The van der Waals surface area contributed by atoms with Gasteiger partial charge >= 0.3 is 0 Å². The Kier molecular flexibility index (Phi) is 4.72. The Hall–Kier alpha value is -0.240. The van der Waals surface area contributed by atoms with Crippen LogP contribution in [0.1, 0.15) is 50.1 Å². The molecule has 1 saturated carbocycles. The highest BCUT2D eigenvalue weighted by Gasteiger charge is 2.23. The Labute approximate surface area is 113 Å². The maximum atomic E-state index is 6.37. The van der Waals surface area contributed by atoms with Crippen molar-refractivity contribution in [1.82, 2.24) is 0 Å². The molecule has 0 radical (unpaired) electrons. The molecule has 0 spiro atoms. The Bertz CT molecular complexity index is 370. The van der Waals surface area contributed by atoms with Crippen LogP contribution < -0.4 is 5.73 Å². The Balaban J connectivity index is 2.17. The fourth-order valence-corrected chi connectivity index (χ4v) is 3.14. The zero-order valence-corrected chi connectivity index (χ0v) is 11.5. The first-order valence-corrected chi connectivity index (χ1v) is 7.15. The highest BCUT2D eigenvalue weighted by atomic mass is 35.5. The van der Waals surface area contributed by atoms with Gasteiger partial charge in [0.1, 0.15) is 0 Å². The van der Waals surface area contributed by atoms with E-state index >= 15 is 0 Å². The molecule has 1 atom stereocenters. The summed E-state index contributed by atoms with van der Waals surface area (Å²) in [7, 11) is 0. The van der Waals surface area contributed by atoms with E-state index in [1.54, 1.807) is 0 Å². The minimum Gasteiger partial charge on any atom is -0.324 e. The van der Waals surface area contributed by atoms with Crippen LogP contribution in [0.15, 0.2) is 18.2 Å². The smallest absolute Gasteiger partial charge is 0.0640 e. The van der Waals surface area contributed by atoms with Gasteiger partial charge in [0, 0.05) is 6.04 Å². The predicted octanol–water partition coefficient (Wildman–Crippen LogP) is 4.96. The second-order valence-corrected chi connectivity index (χ2v) is 5.71. The van der Waals surface area contributed by atoms with Gasteiger partial charge in [0.25, 0.3) is 0 Å². The third-order valence-corrected chi connectivity index (χ3v) is 4.58. The number of halogens is 2. The zero-order chi connectivity index (χ0) is 12.3. The number of nitrogens with two attached hydrogens (primary N) is 1. The van der Waals surface area contributed by atoms with E-state index in [4.69, 9.17) is 28.9 Å². The summed E-state index contributed by atoms with van der Waals surface area (Å²) in [5, 5.41) is 1.24. The average molecular weight is 272 g/mol. The van der Waals surface area contributed by atoms with E-state index in [-0.39, 0.29) is 6.04 Å². The second-order valence-electron chi connectivity index (χ2n) is 4.92. The molecule has 1 aromatic carbocycles. The van der Waals surface area contributed by atoms with Crippen molar-refractivity contribution in [2.45, 2.75) is 44.6 Å². The van der Waals surface area contributed by atoms with Crippen molar-refractivity contribution in [3.8, 4) is 0 Å². The summed E-state index contributed by atoms with van der Waals surface area (Å²) >= 11 is 12.3. The van der Waals surface area contributed by atoms with Crippen molar-refractivity contribution in [2.24, 2.45) is 11.7 Å². The Morgan fingerprint density at radius 2 is 1.71 bits per heavy atom. The van der Waals surface area contributed by atoms with Gasteiger partial charge in [-0.3, -0.25) is 0 Å². The normalized spacial score (nSPS) is 19.9. The minimum atomic E-state index is 0.0271. The van der Waals surface area contributed by atoms with Crippen LogP contribution in [0.4, 0.5) is 0 Å². The molecular formula is C14H19Cl2N. The summed E-state index contributed by atoms with van der Waals surface area (Å²) in [5.74, 6) is 0.550. The summed E-state index contributed by atoms with van der Waals surface area (Å²) < 4.78 is 0. The van der Waals surface area contributed by atoms with Gasteiger partial charge in [0.05, 0.1) is 10.0 Å². The van der Waals surface area contributed by atoms with Crippen LogP contribution in [0.2, 0.25) is 10.0 Å². The lowest BCUT2D eigenvalue weighted by molar-refractivity contribution is 0.382. The van der Waals surface area contributed by atoms with Gasteiger partial charge < -0.3 is 5.73 Å². The van der Waals surface area contributed by atoms with Crippen LogP contribution in [0.25, 0.3) is 0 Å². The summed E-state index contributed by atoms with van der Waals surface area (Å²) in [4.78, 5) is 0. The van der Waals surface area contributed by atoms with Crippen LogP contribution in [-0.2, 0) is 0 Å². The molecule has 1 aromatic rings. The zero-order valence-electron chi connectivity index (χ0n) is 9.96. The van der Waals surface area contributed by atoms with E-state index in [1.165, 1.54) is 38.5 Å². The van der Waals surface area contributed by atoms with Gasteiger partial charge in [-0.2, -0.15) is 0 Å². The molecule has 94 valence electrons. The van der Waals surface area contributed by atoms with Crippen LogP contribution in [0.5, 0.6) is 0 Å². The third kappa shape index (κ3) is 3.15. The van der Waals surface area contributed by atoms with Crippen LogP contribution in [0, 0.1) is 5.92 Å². The van der Waals surface area contributed by atoms with E-state index in [0.717, 1.165) is 5.56 Å². The van der Waals surface area contributed by atoms with Crippen molar-refractivity contribution in [1.29, 1.82) is 0 Å². The van der Waals surface area contributed by atoms with Gasteiger partial charge in [-0.05, 0) is 30.4 Å². The minimum absolute atomic E-state index is 0.0271. The molecule has 2 rings (SSSR count). The third-order valence-electron chi connectivity index (χ3n) is 3.75. The summed E-state index contributed by atoms with van der Waals surface area (Å²) in [6.07, 6.45) is 7.68. The lowest BCUT2D eigenvalue weighted by Gasteiger charge is -2.23. The van der Waals surface area contributed by atoms with Crippen LogP contribution >= 0.6 is 23.2 Å². The van der Waals surface area contributed by atoms with Crippen molar-refractivity contribution < 1.29 is 0 Å². The highest BCUT2D eigenvalue weighted by molar-refractivity contribution is 6.42. The molecule has 17 heavy (non-hydrogen) atoms. The molecule has 0 bridgehead atoms. The summed E-state index contributed by atoms with van der Waals surface area (Å²) in [6, 6.07) is 5.77. The molecule has 1 nitrogen and oxygen atoms in total. The van der Waals surface area contributed by atoms with E-state index < -0.39 is 0 Å². The van der Waals surface area contributed by atoms with Crippen LogP contribution in [-0.4, -0.2) is 0 Å². The standard InChI is InChI=1S/C14H19Cl2N/c15-12-9-5-8-11(13(12)16)14(17)10-6-3-1-2-4-7-10/h5,8-10,14H,1-4,6-7,17H2. The molecule has 0 aromatic heterocycles. The molecular weight excluding hydrogens is 253 g/mol. The van der Waals surface area contributed by atoms with E-state index in [0.29, 0.717) is 16.0 Å². The van der Waals surface area contributed by atoms with Gasteiger partial charge in [0.2, 0.25) is 0 Å².